The molecule has 0 saturated heterocycles. The summed E-state index contributed by atoms with van der Waals surface area (Å²) in [6, 6.07) is 0. The number of ketones is 1. The topological polar surface area (TPSA) is 34.1 Å². The molecule has 0 heterocycles. The van der Waals surface area contributed by atoms with Crippen molar-refractivity contribution in [1.29, 1.82) is 0 Å². The van der Waals surface area contributed by atoms with Crippen LogP contribution in [0.4, 0.5) is 0 Å². The summed E-state index contributed by atoms with van der Waals surface area (Å²) in [6.07, 6.45) is 7.90. The molecule has 0 amide bonds. The summed E-state index contributed by atoms with van der Waals surface area (Å²) in [5.74, 6) is 0.491. The Bertz CT molecular complexity index is 222. The smallest absolute Gasteiger partial charge is 0.149 e. The summed E-state index contributed by atoms with van der Waals surface area (Å²) in [5.41, 5.74) is -0.556. The molecule has 2 heteroatoms. The van der Waals surface area contributed by atoms with E-state index in [2.05, 4.69) is 0 Å². The highest BCUT2D eigenvalue weighted by Crippen LogP contribution is 2.43. The van der Waals surface area contributed by atoms with Crippen molar-refractivity contribution in [2.24, 2.45) is 11.3 Å². The second kappa shape index (κ2) is 3.24. The normalized spacial score (nSPS) is 26.8. The first-order chi connectivity index (χ1) is 6.28. The third kappa shape index (κ3) is 1.54. The molecule has 0 N–H and O–H groups in total. The predicted molar refractivity (Wildman–Crippen MR) is 49.3 cm³/mol. The average molecular weight is 180 g/mol. The van der Waals surface area contributed by atoms with Gasteiger partial charge in [-0.25, -0.2) is 0 Å². The van der Waals surface area contributed by atoms with Gasteiger partial charge in [0.1, 0.15) is 12.1 Å². The fraction of sp³-hybridized carbons (Fsp3) is 0.818. The van der Waals surface area contributed by atoms with Gasteiger partial charge in [0, 0.05) is 5.92 Å². The Hall–Kier alpha value is -0.660. The molecule has 72 valence electrons. The van der Waals surface area contributed by atoms with Crippen molar-refractivity contribution in [1.82, 2.24) is 0 Å². The average Bonchev–Trinajstić information content (AvgIpc) is 3.01. The minimum Gasteiger partial charge on any atom is -0.302 e. The molecule has 13 heavy (non-hydrogen) atoms. The van der Waals surface area contributed by atoms with E-state index < -0.39 is 5.41 Å². The second-order valence-electron chi connectivity index (χ2n) is 4.47. The van der Waals surface area contributed by atoms with Crippen molar-refractivity contribution in [2.45, 2.75) is 44.9 Å². The number of aldehydes is 1. The lowest BCUT2D eigenvalue weighted by molar-refractivity contribution is -0.137. The first-order valence-corrected chi connectivity index (χ1v) is 5.29. The van der Waals surface area contributed by atoms with Crippen LogP contribution in [0, 0.1) is 11.3 Å². The number of hydrogen-bond acceptors (Lipinski definition) is 2. The van der Waals surface area contributed by atoms with Gasteiger partial charge in [-0.1, -0.05) is 19.3 Å². The van der Waals surface area contributed by atoms with Gasteiger partial charge in [-0.3, -0.25) is 4.79 Å². The molecule has 0 aromatic heterocycles. The van der Waals surface area contributed by atoms with E-state index in [0.717, 1.165) is 44.8 Å². The van der Waals surface area contributed by atoms with Crippen LogP contribution in [0.1, 0.15) is 44.9 Å². The zero-order valence-electron chi connectivity index (χ0n) is 7.92. The number of rotatable bonds is 3. The van der Waals surface area contributed by atoms with Gasteiger partial charge in [-0.05, 0) is 25.7 Å². The van der Waals surface area contributed by atoms with Gasteiger partial charge < -0.3 is 4.79 Å². The summed E-state index contributed by atoms with van der Waals surface area (Å²) in [4.78, 5) is 22.9. The highest BCUT2D eigenvalue weighted by molar-refractivity contribution is 6.00. The number of Topliss-reactive ketones (excluding diaryl/α,β-unsaturated/α-hetero) is 1. The van der Waals surface area contributed by atoms with Crippen LogP contribution in [0.5, 0.6) is 0 Å². The van der Waals surface area contributed by atoms with Gasteiger partial charge >= 0.3 is 0 Å². The molecular formula is C11H16O2. The summed E-state index contributed by atoms with van der Waals surface area (Å²) >= 11 is 0. The maximum absolute atomic E-state index is 11.9. The van der Waals surface area contributed by atoms with Gasteiger partial charge in [-0.15, -0.1) is 0 Å². The molecule has 2 aliphatic carbocycles. The van der Waals surface area contributed by atoms with E-state index in [1.54, 1.807) is 0 Å². The Kier molecular flexibility index (Phi) is 2.22. The van der Waals surface area contributed by atoms with E-state index in [1.807, 2.05) is 0 Å². The van der Waals surface area contributed by atoms with Crippen molar-refractivity contribution >= 4 is 12.1 Å². The second-order valence-corrected chi connectivity index (χ2v) is 4.47. The van der Waals surface area contributed by atoms with Crippen LogP contribution in [0.25, 0.3) is 0 Å². The lowest BCUT2D eigenvalue weighted by Crippen LogP contribution is -2.36. The highest BCUT2D eigenvalue weighted by Gasteiger charge is 2.45. The quantitative estimate of drug-likeness (QED) is 0.492. The molecule has 0 radical (unpaired) electrons. The third-order valence-corrected chi connectivity index (χ3v) is 3.41. The Labute approximate surface area is 78.7 Å². The lowest BCUT2D eigenvalue weighted by atomic mass is 9.71. The molecule has 2 saturated carbocycles. The van der Waals surface area contributed by atoms with Crippen LogP contribution in [0.2, 0.25) is 0 Å². The van der Waals surface area contributed by atoms with Crippen LogP contribution in [-0.2, 0) is 9.59 Å². The van der Waals surface area contributed by atoms with Crippen LogP contribution >= 0.6 is 0 Å². The fourth-order valence-electron chi connectivity index (χ4n) is 2.36. The molecule has 2 rings (SSSR count). The zero-order valence-corrected chi connectivity index (χ0v) is 7.92. The van der Waals surface area contributed by atoms with Crippen molar-refractivity contribution in [3.05, 3.63) is 0 Å². The molecule has 0 unspecified atom stereocenters. The highest BCUT2D eigenvalue weighted by atomic mass is 16.1. The predicted octanol–water partition coefficient (Wildman–Crippen LogP) is 2.11. The molecule has 0 aromatic rings. The monoisotopic (exact) mass is 180 g/mol. The van der Waals surface area contributed by atoms with Crippen LogP contribution in [-0.4, -0.2) is 12.1 Å². The van der Waals surface area contributed by atoms with Crippen LogP contribution in [0.3, 0.4) is 0 Å². The number of hydrogen-bond donors (Lipinski definition) is 0. The summed E-state index contributed by atoms with van der Waals surface area (Å²) in [7, 11) is 0. The Morgan fingerprint density at radius 3 is 2.23 bits per heavy atom. The van der Waals surface area contributed by atoms with Crippen molar-refractivity contribution in [3.8, 4) is 0 Å². The molecule has 0 aromatic carbocycles. The number of carbonyl (C=O) groups is 2. The van der Waals surface area contributed by atoms with E-state index >= 15 is 0 Å². The lowest BCUT2D eigenvalue weighted by Gasteiger charge is -2.30. The Morgan fingerprint density at radius 1 is 1.15 bits per heavy atom. The largest absolute Gasteiger partial charge is 0.302 e. The molecule has 0 bridgehead atoms. The standard InChI is InChI=1S/C11H16O2/c12-8-11(6-2-1-3-7-11)10(13)9-4-5-9/h8-9H,1-7H2. The summed E-state index contributed by atoms with van der Waals surface area (Å²) in [5, 5.41) is 0. The molecular weight excluding hydrogens is 164 g/mol. The molecule has 0 spiro atoms. The van der Waals surface area contributed by atoms with Crippen LogP contribution in [0.15, 0.2) is 0 Å². The molecule has 2 nitrogen and oxygen atoms in total. The van der Waals surface area contributed by atoms with Gasteiger partial charge in [0.05, 0.1) is 5.41 Å². The maximum atomic E-state index is 11.9. The molecule has 0 aliphatic heterocycles. The SMILES string of the molecule is O=CC1(C(=O)C2CC2)CCCCC1. The van der Waals surface area contributed by atoms with Gasteiger partial charge in [0.25, 0.3) is 0 Å². The van der Waals surface area contributed by atoms with Gasteiger partial charge in [0.2, 0.25) is 0 Å². The fourth-order valence-corrected chi connectivity index (χ4v) is 2.36. The summed E-state index contributed by atoms with van der Waals surface area (Å²) < 4.78 is 0. The van der Waals surface area contributed by atoms with Gasteiger partial charge in [0.15, 0.2) is 0 Å². The Balaban J connectivity index is 2.11. The van der Waals surface area contributed by atoms with E-state index in [0.29, 0.717) is 0 Å². The zero-order chi connectivity index (χ0) is 9.31. The van der Waals surface area contributed by atoms with Crippen molar-refractivity contribution < 1.29 is 9.59 Å². The van der Waals surface area contributed by atoms with E-state index in [-0.39, 0.29) is 11.7 Å². The maximum Gasteiger partial charge on any atom is 0.149 e. The minimum absolute atomic E-state index is 0.239. The van der Waals surface area contributed by atoms with Gasteiger partial charge in [-0.2, -0.15) is 0 Å². The van der Waals surface area contributed by atoms with Crippen molar-refractivity contribution in [3.63, 3.8) is 0 Å². The summed E-state index contributed by atoms with van der Waals surface area (Å²) in [6.45, 7) is 0. The van der Waals surface area contributed by atoms with E-state index in [1.165, 1.54) is 6.42 Å². The Morgan fingerprint density at radius 2 is 1.77 bits per heavy atom. The van der Waals surface area contributed by atoms with E-state index in [9.17, 15) is 9.59 Å². The minimum atomic E-state index is -0.556. The van der Waals surface area contributed by atoms with E-state index in [4.69, 9.17) is 0 Å². The van der Waals surface area contributed by atoms with Crippen LogP contribution < -0.4 is 0 Å². The molecule has 0 atom stereocenters. The number of carbonyl (C=O) groups excluding carboxylic acids is 2. The molecule has 2 fully saturated rings. The first kappa shape index (κ1) is 8.92. The first-order valence-electron chi connectivity index (χ1n) is 5.29. The molecule has 2 aliphatic rings. The third-order valence-electron chi connectivity index (χ3n) is 3.41. The van der Waals surface area contributed by atoms with Crippen molar-refractivity contribution in [2.75, 3.05) is 0 Å².